The van der Waals surface area contributed by atoms with E-state index >= 15 is 0 Å². The van der Waals surface area contributed by atoms with Crippen LogP contribution in [0.15, 0.2) is 66.8 Å². The first kappa shape index (κ1) is 17.5. The van der Waals surface area contributed by atoms with Gasteiger partial charge in [-0.3, -0.25) is 4.79 Å². The lowest BCUT2D eigenvalue weighted by molar-refractivity contribution is -0.122. The highest BCUT2D eigenvalue weighted by molar-refractivity contribution is 5.92. The normalized spacial score (nSPS) is 17.4. The predicted octanol–water partition coefficient (Wildman–Crippen LogP) is 4.14. The van der Waals surface area contributed by atoms with Crippen LogP contribution >= 0.6 is 0 Å². The fourth-order valence-electron chi connectivity index (χ4n) is 3.33. The predicted molar refractivity (Wildman–Crippen MR) is 107 cm³/mol. The summed E-state index contributed by atoms with van der Waals surface area (Å²) < 4.78 is 7.17. The van der Waals surface area contributed by atoms with Crippen molar-refractivity contribution in [1.82, 2.24) is 9.78 Å². The summed E-state index contributed by atoms with van der Waals surface area (Å²) in [5.74, 6) is 0.718. The maximum Gasteiger partial charge on any atom is 0.228 e. The van der Waals surface area contributed by atoms with Gasteiger partial charge in [0.05, 0.1) is 11.4 Å². The van der Waals surface area contributed by atoms with Crippen molar-refractivity contribution in [1.29, 1.82) is 0 Å². The number of para-hydroxylation sites is 1. The van der Waals surface area contributed by atoms with Gasteiger partial charge in [-0.1, -0.05) is 48.6 Å². The molecule has 1 amide bonds. The summed E-state index contributed by atoms with van der Waals surface area (Å²) in [6.07, 6.45) is 12.7. The van der Waals surface area contributed by atoms with Gasteiger partial charge in [0.25, 0.3) is 0 Å². The zero-order chi connectivity index (χ0) is 18.5. The Bertz CT molecular complexity index is 888. The lowest BCUT2D eigenvalue weighted by atomic mass is 9.99. The first-order chi connectivity index (χ1) is 13.3. The summed E-state index contributed by atoms with van der Waals surface area (Å²) in [6.45, 7) is 1.29. The number of ether oxygens (including phenoxy) is 1. The van der Waals surface area contributed by atoms with Crippen molar-refractivity contribution < 1.29 is 9.53 Å². The van der Waals surface area contributed by atoms with E-state index in [0.717, 1.165) is 36.2 Å². The number of rotatable bonds is 4. The smallest absolute Gasteiger partial charge is 0.228 e. The summed E-state index contributed by atoms with van der Waals surface area (Å²) >= 11 is 0. The number of nitrogens with zero attached hydrogens (tertiary/aromatic N) is 2. The van der Waals surface area contributed by atoms with Crippen molar-refractivity contribution >= 4 is 17.3 Å². The second-order valence-electron chi connectivity index (χ2n) is 6.72. The number of nitrogens with one attached hydrogen (secondary N) is 1. The van der Waals surface area contributed by atoms with Gasteiger partial charge in [-0.05, 0) is 37.0 Å². The van der Waals surface area contributed by atoms with E-state index in [9.17, 15) is 4.79 Å². The van der Waals surface area contributed by atoms with Gasteiger partial charge in [0.15, 0.2) is 0 Å². The van der Waals surface area contributed by atoms with Crippen LogP contribution in [0.5, 0.6) is 0 Å². The van der Waals surface area contributed by atoms with Crippen LogP contribution in [0.3, 0.4) is 0 Å². The highest BCUT2D eigenvalue weighted by atomic mass is 16.5. The van der Waals surface area contributed by atoms with Crippen LogP contribution < -0.4 is 5.32 Å². The number of aromatic nitrogens is 2. The third-order valence-electron chi connectivity index (χ3n) is 4.85. The minimum atomic E-state index is -0.0116. The van der Waals surface area contributed by atoms with Crippen LogP contribution in [0.1, 0.15) is 25.0 Å². The van der Waals surface area contributed by atoms with Crippen molar-refractivity contribution in [3.63, 3.8) is 0 Å². The molecule has 1 saturated heterocycles. The van der Waals surface area contributed by atoms with Gasteiger partial charge in [0, 0.05) is 25.2 Å². The maximum atomic E-state index is 12.7. The number of amides is 1. The maximum absolute atomic E-state index is 12.7. The number of hydrogen-bond donors (Lipinski definition) is 1. The lowest BCUT2D eigenvalue weighted by Gasteiger charge is -2.21. The van der Waals surface area contributed by atoms with E-state index in [1.54, 1.807) is 4.68 Å². The molecule has 5 heteroatoms. The summed E-state index contributed by atoms with van der Waals surface area (Å²) in [5, 5.41) is 7.87. The molecule has 2 aromatic rings. The average molecular weight is 361 g/mol. The minimum Gasteiger partial charge on any atom is -0.381 e. The molecule has 1 N–H and O–H groups in total. The van der Waals surface area contributed by atoms with Crippen LogP contribution in [-0.4, -0.2) is 28.9 Å². The van der Waals surface area contributed by atoms with Crippen LogP contribution in [0, 0.1) is 5.92 Å². The van der Waals surface area contributed by atoms with Crippen molar-refractivity contribution in [3.8, 4) is 5.69 Å². The van der Waals surface area contributed by atoms with E-state index in [-0.39, 0.29) is 11.8 Å². The van der Waals surface area contributed by atoms with E-state index in [1.165, 1.54) is 0 Å². The Balaban J connectivity index is 1.66. The van der Waals surface area contributed by atoms with Crippen LogP contribution in [0.4, 0.5) is 5.82 Å². The molecule has 1 aliphatic heterocycles. The number of anilines is 1. The third-order valence-corrected chi connectivity index (χ3v) is 4.85. The zero-order valence-electron chi connectivity index (χ0n) is 15.2. The van der Waals surface area contributed by atoms with Gasteiger partial charge in [-0.15, -0.1) is 0 Å². The van der Waals surface area contributed by atoms with Crippen LogP contribution in [0.25, 0.3) is 11.3 Å². The van der Waals surface area contributed by atoms with E-state index in [2.05, 4.69) is 17.5 Å². The Morgan fingerprint density at radius 2 is 1.96 bits per heavy atom. The van der Waals surface area contributed by atoms with Crippen molar-refractivity contribution in [3.05, 3.63) is 72.5 Å². The summed E-state index contributed by atoms with van der Waals surface area (Å²) in [6, 6.07) is 11.8. The molecule has 0 atom stereocenters. The Hall–Kier alpha value is -2.92. The molecule has 1 aliphatic carbocycles. The molecule has 1 aromatic heterocycles. The van der Waals surface area contributed by atoms with Gasteiger partial charge in [0.1, 0.15) is 5.82 Å². The Labute approximate surface area is 159 Å². The molecule has 0 radical (unpaired) electrons. The van der Waals surface area contributed by atoms with Gasteiger partial charge in [0.2, 0.25) is 5.91 Å². The van der Waals surface area contributed by atoms with E-state index < -0.39 is 0 Å². The van der Waals surface area contributed by atoms with Gasteiger partial charge in [-0.25, -0.2) is 4.68 Å². The quantitative estimate of drug-likeness (QED) is 0.890. The third kappa shape index (κ3) is 4.09. The number of carbonyl (C=O) groups is 1. The molecule has 2 heterocycles. The Kier molecular flexibility index (Phi) is 5.30. The number of allylic oxidation sites excluding steroid dienone is 6. The molecule has 4 rings (SSSR count). The van der Waals surface area contributed by atoms with E-state index in [1.807, 2.05) is 54.6 Å². The van der Waals surface area contributed by atoms with E-state index in [0.29, 0.717) is 19.0 Å². The monoisotopic (exact) mass is 361 g/mol. The summed E-state index contributed by atoms with van der Waals surface area (Å²) in [5.41, 5.74) is 2.82. The standard InChI is InChI=1S/C22H23N3O2/c26-22(18-12-14-27-15-13-18)23-21-16-20(17-8-4-1-2-5-9-17)24-25(21)19-10-6-3-7-11-19/h1-4,6-11,16,18H,5,12-15H2,(H,23,26). The van der Waals surface area contributed by atoms with Gasteiger partial charge in [-0.2, -0.15) is 5.10 Å². The number of benzene rings is 1. The second kappa shape index (κ2) is 8.18. The van der Waals surface area contributed by atoms with Crippen molar-refractivity contribution in [2.24, 2.45) is 5.92 Å². The van der Waals surface area contributed by atoms with Crippen molar-refractivity contribution in [2.75, 3.05) is 18.5 Å². The van der Waals surface area contributed by atoms with Crippen LogP contribution in [-0.2, 0) is 9.53 Å². The molecular weight excluding hydrogens is 338 g/mol. The largest absolute Gasteiger partial charge is 0.381 e. The molecule has 0 spiro atoms. The summed E-state index contributed by atoms with van der Waals surface area (Å²) in [7, 11) is 0. The topological polar surface area (TPSA) is 56.2 Å². The van der Waals surface area contributed by atoms with Gasteiger partial charge < -0.3 is 10.1 Å². The molecule has 0 unspecified atom stereocenters. The molecule has 0 bridgehead atoms. The Morgan fingerprint density at radius 1 is 1.15 bits per heavy atom. The molecule has 5 nitrogen and oxygen atoms in total. The first-order valence-electron chi connectivity index (χ1n) is 9.39. The average Bonchev–Trinajstić information content (AvgIpc) is 2.95. The van der Waals surface area contributed by atoms with Crippen molar-refractivity contribution in [2.45, 2.75) is 19.3 Å². The first-order valence-corrected chi connectivity index (χ1v) is 9.39. The van der Waals surface area contributed by atoms with Gasteiger partial charge >= 0.3 is 0 Å². The molecule has 2 aliphatic rings. The molecule has 1 aromatic carbocycles. The molecule has 1 fully saturated rings. The summed E-state index contributed by atoms with van der Waals surface area (Å²) in [4.78, 5) is 12.7. The highest BCUT2D eigenvalue weighted by Crippen LogP contribution is 2.25. The second-order valence-corrected chi connectivity index (χ2v) is 6.72. The SMILES string of the molecule is O=C(Nc1cc(C2=CCC=CC=C2)nn1-c1ccccc1)C1CCOCC1. The van der Waals surface area contributed by atoms with E-state index in [4.69, 9.17) is 9.84 Å². The zero-order valence-corrected chi connectivity index (χ0v) is 15.2. The fourth-order valence-corrected chi connectivity index (χ4v) is 3.33. The molecule has 27 heavy (non-hydrogen) atoms. The number of hydrogen-bond acceptors (Lipinski definition) is 3. The molecular formula is C22H23N3O2. The lowest BCUT2D eigenvalue weighted by Crippen LogP contribution is -2.29. The number of carbonyl (C=O) groups excluding carboxylic acids is 1. The van der Waals surface area contributed by atoms with Crippen LogP contribution in [0.2, 0.25) is 0 Å². The minimum absolute atomic E-state index is 0.0116. The Morgan fingerprint density at radius 3 is 2.78 bits per heavy atom. The fraction of sp³-hybridized carbons (Fsp3) is 0.273. The molecule has 138 valence electrons. The molecule has 0 saturated carbocycles. The highest BCUT2D eigenvalue weighted by Gasteiger charge is 2.23.